The molecule has 1 aromatic heterocycles. The van der Waals surface area contributed by atoms with Gasteiger partial charge in [-0.2, -0.15) is 10.5 Å². The summed E-state index contributed by atoms with van der Waals surface area (Å²) in [4.78, 5) is 6.80. The molecule has 0 saturated carbocycles. The number of nitriles is 2. The SMILES string of the molecule is N#Cc1ccc(C#N)c2[nH]cnc12. The van der Waals surface area contributed by atoms with E-state index in [4.69, 9.17) is 10.5 Å². The molecular formula is C9H4N4. The minimum atomic E-state index is 0.482. The number of nitrogens with one attached hydrogen (secondary N) is 1. The average Bonchev–Trinajstić information content (AvgIpc) is 2.64. The fraction of sp³-hybridized carbons (Fsp3) is 0. The Morgan fingerprint density at radius 2 is 1.85 bits per heavy atom. The molecule has 0 aliphatic carbocycles. The van der Waals surface area contributed by atoms with E-state index in [0.717, 1.165) is 0 Å². The van der Waals surface area contributed by atoms with Gasteiger partial charge in [0.1, 0.15) is 17.7 Å². The van der Waals surface area contributed by atoms with Crippen LogP contribution in [0.4, 0.5) is 0 Å². The molecule has 2 rings (SSSR count). The van der Waals surface area contributed by atoms with Crippen molar-refractivity contribution in [1.82, 2.24) is 9.97 Å². The van der Waals surface area contributed by atoms with E-state index < -0.39 is 0 Å². The molecule has 0 atom stereocenters. The highest BCUT2D eigenvalue weighted by Crippen LogP contribution is 2.17. The fourth-order valence-electron chi connectivity index (χ4n) is 1.22. The lowest BCUT2D eigenvalue weighted by molar-refractivity contribution is 1.34. The fourth-order valence-corrected chi connectivity index (χ4v) is 1.22. The molecule has 0 radical (unpaired) electrons. The second kappa shape index (κ2) is 2.62. The quantitative estimate of drug-likeness (QED) is 0.644. The maximum absolute atomic E-state index is 8.74. The maximum atomic E-state index is 8.74. The molecule has 0 bridgehead atoms. The summed E-state index contributed by atoms with van der Waals surface area (Å²) in [5.74, 6) is 0. The summed E-state index contributed by atoms with van der Waals surface area (Å²) in [6.07, 6.45) is 1.48. The molecule has 0 saturated heterocycles. The number of benzene rings is 1. The van der Waals surface area contributed by atoms with Gasteiger partial charge in [0, 0.05) is 0 Å². The van der Waals surface area contributed by atoms with E-state index in [0.29, 0.717) is 22.2 Å². The Bertz CT molecular complexity index is 491. The molecule has 1 N–H and O–H groups in total. The van der Waals surface area contributed by atoms with Gasteiger partial charge < -0.3 is 4.98 Å². The first-order valence-electron chi connectivity index (χ1n) is 3.63. The first kappa shape index (κ1) is 7.33. The lowest BCUT2D eigenvalue weighted by Gasteiger charge is -1.92. The lowest BCUT2D eigenvalue weighted by atomic mass is 10.1. The van der Waals surface area contributed by atoms with E-state index in [2.05, 4.69) is 9.97 Å². The summed E-state index contributed by atoms with van der Waals surface area (Å²) in [5, 5.41) is 17.5. The van der Waals surface area contributed by atoms with Crippen molar-refractivity contribution in [2.75, 3.05) is 0 Å². The largest absolute Gasteiger partial charge is 0.343 e. The molecule has 0 amide bonds. The third-order valence-electron chi connectivity index (χ3n) is 1.82. The van der Waals surface area contributed by atoms with E-state index in [1.165, 1.54) is 6.33 Å². The maximum Gasteiger partial charge on any atom is 0.107 e. The van der Waals surface area contributed by atoms with Crippen LogP contribution in [-0.4, -0.2) is 9.97 Å². The van der Waals surface area contributed by atoms with Crippen LogP contribution in [0.5, 0.6) is 0 Å². The van der Waals surface area contributed by atoms with Crippen molar-refractivity contribution in [2.24, 2.45) is 0 Å². The molecule has 0 aliphatic rings. The number of fused-ring (bicyclic) bond motifs is 1. The lowest BCUT2D eigenvalue weighted by Crippen LogP contribution is -1.82. The number of nitrogens with zero attached hydrogens (tertiary/aromatic N) is 3. The predicted molar refractivity (Wildman–Crippen MR) is 45.5 cm³/mol. The molecule has 0 fully saturated rings. The normalized spacial score (nSPS) is 9.38. The highest BCUT2D eigenvalue weighted by atomic mass is 14.9. The van der Waals surface area contributed by atoms with Gasteiger partial charge in [-0.3, -0.25) is 0 Å². The van der Waals surface area contributed by atoms with E-state index >= 15 is 0 Å². The van der Waals surface area contributed by atoms with Crippen molar-refractivity contribution in [3.63, 3.8) is 0 Å². The zero-order valence-electron chi connectivity index (χ0n) is 6.57. The van der Waals surface area contributed by atoms with Gasteiger partial charge in [-0.05, 0) is 12.1 Å². The van der Waals surface area contributed by atoms with Crippen LogP contribution in [0.2, 0.25) is 0 Å². The molecule has 60 valence electrons. The number of hydrogen-bond acceptors (Lipinski definition) is 3. The summed E-state index contributed by atoms with van der Waals surface area (Å²) < 4.78 is 0. The molecule has 0 unspecified atom stereocenters. The van der Waals surface area contributed by atoms with Crippen LogP contribution in [0.15, 0.2) is 18.5 Å². The Morgan fingerprint density at radius 1 is 1.15 bits per heavy atom. The Labute approximate surface area is 74.1 Å². The number of aromatic amines is 1. The predicted octanol–water partition coefficient (Wildman–Crippen LogP) is 1.31. The Hall–Kier alpha value is -2.33. The molecule has 0 spiro atoms. The zero-order chi connectivity index (χ0) is 9.26. The van der Waals surface area contributed by atoms with Crippen molar-refractivity contribution >= 4 is 11.0 Å². The molecule has 13 heavy (non-hydrogen) atoms. The topological polar surface area (TPSA) is 76.3 Å². The number of imidazole rings is 1. The third-order valence-corrected chi connectivity index (χ3v) is 1.82. The second-order valence-electron chi connectivity index (χ2n) is 2.51. The third kappa shape index (κ3) is 0.935. The minimum absolute atomic E-state index is 0.482. The van der Waals surface area contributed by atoms with Crippen molar-refractivity contribution < 1.29 is 0 Å². The minimum Gasteiger partial charge on any atom is -0.343 e. The van der Waals surface area contributed by atoms with Crippen LogP contribution >= 0.6 is 0 Å². The van der Waals surface area contributed by atoms with Crippen LogP contribution in [0.25, 0.3) is 11.0 Å². The van der Waals surface area contributed by atoms with Gasteiger partial charge in [0.15, 0.2) is 0 Å². The average molecular weight is 168 g/mol. The van der Waals surface area contributed by atoms with Gasteiger partial charge in [-0.1, -0.05) is 0 Å². The summed E-state index contributed by atoms with van der Waals surface area (Å²) in [6.45, 7) is 0. The van der Waals surface area contributed by atoms with Gasteiger partial charge in [-0.25, -0.2) is 4.98 Å². The first-order chi connectivity index (χ1) is 6.36. The monoisotopic (exact) mass is 168 g/mol. The van der Waals surface area contributed by atoms with Crippen LogP contribution < -0.4 is 0 Å². The molecule has 2 aromatic rings. The molecule has 4 heteroatoms. The van der Waals surface area contributed by atoms with Crippen molar-refractivity contribution in [3.8, 4) is 12.1 Å². The number of aromatic nitrogens is 2. The summed E-state index contributed by atoms with van der Waals surface area (Å²) in [7, 11) is 0. The smallest absolute Gasteiger partial charge is 0.107 e. The first-order valence-corrected chi connectivity index (χ1v) is 3.63. The highest BCUT2D eigenvalue weighted by Gasteiger charge is 2.06. The summed E-state index contributed by atoms with van der Waals surface area (Å²) in [5.41, 5.74) is 2.17. The molecule has 1 aromatic carbocycles. The second-order valence-corrected chi connectivity index (χ2v) is 2.51. The van der Waals surface area contributed by atoms with Gasteiger partial charge in [0.25, 0.3) is 0 Å². The summed E-state index contributed by atoms with van der Waals surface area (Å²) >= 11 is 0. The molecular weight excluding hydrogens is 164 g/mol. The number of hydrogen-bond donors (Lipinski definition) is 1. The van der Waals surface area contributed by atoms with E-state index in [9.17, 15) is 0 Å². The Balaban J connectivity index is 2.93. The van der Waals surface area contributed by atoms with E-state index in [1.807, 2.05) is 12.1 Å². The van der Waals surface area contributed by atoms with Crippen molar-refractivity contribution in [1.29, 1.82) is 10.5 Å². The molecule has 0 aliphatic heterocycles. The Kier molecular flexibility index (Phi) is 1.47. The van der Waals surface area contributed by atoms with Gasteiger partial charge in [0.2, 0.25) is 0 Å². The number of rotatable bonds is 0. The molecule has 1 heterocycles. The van der Waals surface area contributed by atoms with Gasteiger partial charge in [0.05, 0.1) is 23.0 Å². The van der Waals surface area contributed by atoms with Crippen LogP contribution in [0.3, 0.4) is 0 Å². The zero-order valence-corrected chi connectivity index (χ0v) is 6.57. The standard InChI is InChI=1S/C9H4N4/c10-3-6-1-2-7(4-11)9-8(6)12-5-13-9/h1-2,5H,(H,12,13). The van der Waals surface area contributed by atoms with Crippen LogP contribution in [0, 0.1) is 22.7 Å². The van der Waals surface area contributed by atoms with Crippen LogP contribution in [-0.2, 0) is 0 Å². The van der Waals surface area contributed by atoms with Gasteiger partial charge in [-0.15, -0.1) is 0 Å². The number of H-pyrrole nitrogens is 1. The van der Waals surface area contributed by atoms with Crippen molar-refractivity contribution in [3.05, 3.63) is 29.6 Å². The van der Waals surface area contributed by atoms with E-state index in [1.54, 1.807) is 12.1 Å². The van der Waals surface area contributed by atoms with Crippen LogP contribution in [0.1, 0.15) is 11.1 Å². The van der Waals surface area contributed by atoms with Crippen molar-refractivity contribution in [2.45, 2.75) is 0 Å². The Morgan fingerprint density at radius 3 is 2.54 bits per heavy atom. The summed E-state index contributed by atoms with van der Waals surface area (Å²) in [6, 6.07) is 7.25. The van der Waals surface area contributed by atoms with E-state index in [-0.39, 0.29) is 0 Å². The van der Waals surface area contributed by atoms with Gasteiger partial charge >= 0.3 is 0 Å². The molecule has 4 nitrogen and oxygen atoms in total. The highest BCUT2D eigenvalue weighted by molar-refractivity contribution is 5.85.